The van der Waals surface area contributed by atoms with Crippen LogP contribution in [0.2, 0.25) is 0 Å². The first-order valence-electron chi connectivity index (χ1n) is 9.50. The van der Waals surface area contributed by atoms with Crippen LogP contribution in [-0.4, -0.2) is 50.1 Å². The topological polar surface area (TPSA) is 58.6 Å². The van der Waals surface area contributed by atoms with Crippen molar-refractivity contribution >= 4 is 39.1 Å². The maximum absolute atomic E-state index is 12.8. The third-order valence-corrected chi connectivity index (χ3v) is 6.57. The summed E-state index contributed by atoms with van der Waals surface area (Å²) in [6.07, 6.45) is 2.25. The standard InChI is InChI=1S/C21H25BrN2O3S/c1-27-14-2-11-23-20(25)16-9-12-24(13-10-16)21(26)19-8-7-18(28-19)15-3-5-17(22)6-4-15/h3-8,16H,2,9-14H2,1H3,(H,23,25). The van der Waals surface area contributed by atoms with Crippen molar-refractivity contribution in [2.45, 2.75) is 19.3 Å². The Morgan fingerprint density at radius 2 is 1.89 bits per heavy atom. The molecule has 1 aliphatic heterocycles. The number of nitrogens with one attached hydrogen (secondary N) is 1. The van der Waals surface area contributed by atoms with Gasteiger partial charge >= 0.3 is 0 Å². The van der Waals surface area contributed by atoms with Crippen molar-refractivity contribution in [2.75, 3.05) is 33.4 Å². The number of rotatable bonds is 7. The van der Waals surface area contributed by atoms with E-state index < -0.39 is 0 Å². The molecule has 2 aromatic rings. The highest BCUT2D eigenvalue weighted by atomic mass is 79.9. The summed E-state index contributed by atoms with van der Waals surface area (Å²) >= 11 is 4.96. The Morgan fingerprint density at radius 3 is 2.57 bits per heavy atom. The molecule has 5 nitrogen and oxygen atoms in total. The molecule has 28 heavy (non-hydrogen) atoms. The molecule has 0 aliphatic carbocycles. The number of halogens is 1. The van der Waals surface area contributed by atoms with Gasteiger partial charge in [-0.05, 0) is 49.1 Å². The number of nitrogens with zero attached hydrogens (tertiary/aromatic N) is 1. The van der Waals surface area contributed by atoms with Crippen LogP contribution in [0.1, 0.15) is 28.9 Å². The van der Waals surface area contributed by atoms with Crippen LogP contribution < -0.4 is 5.32 Å². The summed E-state index contributed by atoms with van der Waals surface area (Å²) in [7, 11) is 1.66. The number of likely N-dealkylation sites (tertiary alicyclic amines) is 1. The van der Waals surface area contributed by atoms with Crippen molar-refractivity contribution in [1.29, 1.82) is 0 Å². The molecule has 1 fully saturated rings. The molecule has 7 heteroatoms. The first kappa shape index (κ1) is 21.0. The van der Waals surface area contributed by atoms with Gasteiger partial charge in [0.2, 0.25) is 5.91 Å². The number of hydrogen-bond donors (Lipinski definition) is 1. The molecule has 1 N–H and O–H groups in total. The number of ether oxygens (including phenoxy) is 1. The van der Waals surface area contributed by atoms with Gasteiger partial charge in [-0.3, -0.25) is 9.59 Å². The highest BCUT2D eigenvalue weighted by Gasteiger charge is 2.28. The van der Waals surface area contributed by atoms with E-state index in [2.05, 4.69) is 21.2 Å². The predicted molar refractivity (Wildman–Crippen MR) is 116 cm³/mol. The molecule has 1 aliphatic rings. The van der Waals surface area contributed by atoms with E-state index in [1.807, 2.05) is 41.3 Å². The average molecular weight is 465 g/mol. The molecule has 1 aromatic heterocycles. The predicted octanol–water partition coefficient (Wildman–Crippen LogP) is 4.18. The lowest BCUT2D eigenvalue weighted by Crippen LogP contribution is -2.43. The lowest BCUT2D eigenvalue weighted by atomic mass is 9.95. The summed E-state index contributed by atoms with van der Waals surface area (Å²) in [4.78, 5) is 28.8. The molecule has 0 spiro atoms. The zero-order chi connectivity index (χ0) is 19.9. The van der Waals surface area contributed by atoms with Crippen LogP contribution in [0.15, 0.2) is 40.9 Å². The third-order valence-electron chi connectivity index (χ3n) is 4.92. The van der Waals surface area contributed by atoms with Gasteiger partial charge in [0.15, 0.2) is 0 Å². The summed E-state index contributed by atoms with van der Waals surface area (Å²) < 4.78 is 6.03. The minimum absolute atomic E-state index is 0.00624. The van der Waals surface area contributed by atoms with Gasteiger partial charge in [-0.2, -0.15) is 0 Å². The fourth-order valence-electron chi connectivity index (χ4n) is 3.30. The van der Waals surface area contributed by atoms with Gasteiger partial charge in [-0.25, -0.2) is 0 Å². The summed E-state index contributed by atoms with van der Waals surface area (Å²) in [5.74, 6) is 0.150. The zero-order valence-electron chi connectivity index (χ0n) is 15.9. The number of carbonyl (C=O) groups excluding carboxylic acids is 2. The molecule has 0 atom stereocenters. The smallest absolute Gasteiger partial charge is 0.263 e. The van der Waals surface area contributed by atoms with Gasteiger partial charge in [0.05, 0.1) is 4.88 Å². The Balaban J connectivity index is 1.51. The molecular formula is C21H25BrN2O3S. The van der Waals surface area contributed by atoms with Crippen molar-refractivity contribution in [2.24, 2.45) is 5.92 Å². The van der Waals surface area contributed by atoms with Crippen LogP contribution in [0.5, 0.6) is 0 Å². The lowest BCUT2D eigenvalue weighted by molar-refractivity contribution is -0.126. The minimum Gasteiger partial charge on any atom is -0.385 e. The van der Waals surface area contributed by atoms with Gasteiger partial charge < -0.3 is 15.0 Å². The molecule has 0 unspecified atom stereocenters. The van der Waals surface area contributed by atoms with E-state index in [0.29, 0.717) is 39.1 Å². The first-order chi connectivity index (χ1) is 13.6. The van der Waals surface area contributed by atoms with Crippen molar-refractivity contribution in [3.05, 3.63) is 45.7 Å². The Bertz CT molecular complexity index is 798. The van der Waals surface area contributed by atoms with Gasteiger partial charge in [0, 0.05) is 48.6 Å². The summed E-state index contributed by atoms with van der Waals surface area (Å²) in [6, 6.07) is 12.0. The van der Waals surface area contributed by atoms with Crippen LogP contribution in [0.4, 0.5) is 0 Å². The van der Waals surface area contributed by atoms with E-state index in [1.165, 1.54) is 11.3 Å². The molecule has 150 valence electrons. The monoisotopic (exact) mass is 464 g/mol. The quantitative estimate of drug-likeness (QED) is 0.625. The minimum atomic E-state index is -0.00624. The fraction of sp³-hybridized carbons (Fsp3) is 0.429. The van der Waals surface area contributed by atoms with E-state index in [0.717, 1.165) is 26.2 Å². The van der Waals surface area contributed by atoms with Gasteiger partial charge in [0.25, 0.3) is 5.91 Å². The van der Waals surface area contributed by atoms with Crippen molar-refractivity contribution in [1.82, 2.24) is 10.2 Å². The maximum Gasteiger partial charge on any atom is 0.263 e. The molecule has 0 radical (unpaired) electrons. The van der Waals surface area contributed by atoms with Crippen LogP contribution in [-0.2, 0) is 9.53 Å². The highest BCUT2D eigenvalue weighted by molar-refractivity contribution is 9.10. The summed E-state index contributed by atoms with van der Waals surface area (Å²) in [5, 5.41) is 2.96. The summed E-state index contributed by atoms with van der Waals surface area (Å²) in [6.45, 7) is 2.54. The zero-order valence-corrected chi connectivity index (χ0v) is 18.4. The SMILES string of the molecule is COCCCNC(=O)C1CCN(C(=O)c2ccc(-c3ccc(Br)cc3)s2)CC1. The Hall–Kier alpha value is -1.70. The normalized spacial score (nSPS) is 14.9. The molecule has 1 aromatic carbocycles. The maximum atomic E-state index is 12.8. The number of thiophene rings is 1. The van der Waals surface area contributed by atoms with Gasteiger partial charge in [0.1, 0.15) is 0 Å². The Kier molecular flexibility index (Phi) is 7.65. The number of hydrogen-bond acceptors (Lipinski definition) is 4. The molecule has 2 amide bonds. The van der Waals surface area contributed by atoms with Crippen LogP contribution >= 0.6 is 27.3 Å². The molecule has 0 saturated carbocycles. The van der Waals surface area contributed by atoms with Crippen LogP contribution in [0.25, 0.3) is 10.4 Å². The largest absolute Gasteiger partial charge is 0.385 e. The Morgan fingerprint density at radius 1 is 1.18 bits per heavy atom. The molecular weight excluding hydrogens is 440 g/mol. The summed E-state index contributed by atoms with van der Waals surface area (Å²) in [5.41, 5.74) is 1.11. The molecule has 0 bridgehead atoms. The second kappa shape index (κ2) is 10.2. The van der Waals surface area contributed by atoms with Crippen LogP contribution in [0, 0.1) is 5.92 Å². The van der Waals surface area contributed by atoms with E-state index in [-0.39, 0.29) is 17.7 Å². The number of carbonyl (C=O) groups is 2. The third kappa shape index (κ3) is 5.43. The van der Waals surface area contributed by atoms with E-state index in [4.69, 9.17) is 4.74 Å². The van der Waals surface area contributed by atoms with Gasteiger partial charge in [-0.1, -0.05) is 28.1 Å². The molecule has 2 heterocycles. The van der Waals surface area contributed by atoms with E-state index >= 15 is 0 Å². The number of methoxy groups -OCH3 is 1. The number of amides is 2. The number of benzene rings is 1. The fourth-order valence-corrected chi connectivity index (χ4v) is 4.54. The van der Waals surface area contributed by atoms with Gasteiger partial charge in [-0.15, -0.1) is 11.3 Å². The Labute approximate surface area is 178 Å². The van der Waals surface area contributed by atoms with Crippen molar-refractivity contribution in [3.63, 3.8) is 0 Å². The second-order valence-electron chi connectivity index (χ2n) is 6.87. The van der Waals surface area contributed by atoms with E-state index in [1.54, 1.807) is 7.11 Å². The van der Waals surface area contributed by atoms with Crippen LogP contribution in [0.3, 0.4) is 0 Å². The second-order valence-corrected chi connectivity index (χ2v) is 8.87. The lowest BCUT2D eigenvalue weighted by Gasteiger charge is -2.31. The van der Waals surface area contributed by atoms with E-state index in [9.17, 15) is 9.59 Å². The number of piperidine rings is 1. The highest BCUT2D eigenvalue weighted by Crippen LogP contribution is 2.30. The van der Waals surface area contributed by atoms with Crippen molar-refractivity contribution in [3.8, 4) is 10.4 Å². The molecule has 1 saturated heterocycles. The average Bonchev–Trinajstić information content (AvgIpc) is 3.21. The first-order valence-corrected chi connectivity index (χ1v) is 11.1. The van der Waals surface area contributed by atoms with Crippen molar-refractivity contribution < 1.29 is 14.3 Å². The molecule has 3 rings (SSSR count).